The predicted octanol–water partition coefficient (Wildman–Crippen LogP) is 2.50. The van der Waals surface area contributed by atoms with E-state index in [1.165, 1.54) is 0 Å². The number of amides is 1. The van der Waals surface area contributed by atoms with Gasteiger partial charge in [-0.2, -0.15) is 4.98 Å². The summed E-state index contributed by atoms with van der Waals surface area (Å²) in [6, 6.07) is 7.11. The minimum absolute atomic E-state index is 0.215. The van der Waals surface area contributed by atoms with E-state index >= 15 is 0 Å². The molecule has 1 aliphatic rings. The van der Waals surface area contributed by atoms with Gasteiger partial charge in [0, 0.05) is 23.6 Å². The Morgan fingerprint density at radius 2 is 2.30 bits per heavy atom. The molecule has 1 aromatic heterocycles. The van der Waals surface area contributed by atoms with Crippen molar-refractivity contribution in [2.24, 2.45) is 0 Å². The number of aliphatic hydroxyl groups is 1. The highest BCUT2D eigenvalue weighted by atomic mass is 16.5. The van der Waals surface area contributed by atoms with Gasteiger partial charge in [0.25, 0.3) is 5.91 Å². The summed E-state index contributed by atoms with van der Waals surface area (Å²) in [7, 11) is 0. The summed E-state index contributed by atoms with van der Waals surface area (Å²) in [5.74, 6) is 1.38. The van der Waals surface area contributed by atoms with E-state index in [9.17, 15) is 9.90 Å². The number of aromatic nitrogens is 2. The number of hydrogen-bond donors (Lipinski definition) is 2. The number of aliphatic hydroxyl groups excluding tert-OH is 1. The van der Waals surface area contributed by atoms with Crippen LogP contribution >= 0.6 is 0 Å². The van der Waals surface area contributed by atoms with E-state index in [-0.39, 0.29) is 12.5 Å². The zero-order valence-corrected chi connectivity index (χ0v) is 13.2. The van der Waals surface area contributed by atoms with Crippen LogP contribution in [0.15, 0.2) is 28.8 Å². The molecule has 1 amide bonds. The van der Waals surface area contributed by atoms with E-state index < -0.39 is 6.10 Å². The van der Waals surface area contributed by atoms with E-state index in [1.807, 2.05) is 13.0 Å². The molecule has 2 aromatic rings. The molecule has 0 aliphatic heterocycles. The van der Waals surface area contributed by atoms with Crippen molar-refractivity contribution in [1.82, 2.24) is 15.5 Å². The number of carbonyl (C=O) groups is 1. The number of benzene rings is 1. The van der Waals surface area contributed by atoms with E-state index in [0.717, 1.165) is 24.8 Å². The number of hydrogen-bond acceptors (Lipinski definition) is 5. The van der Waals surface area contributed by atoms with Gasteiger partial charge in [-0.1, -0.05) is 30.6 Å². The van der Waals surface area contributed by atoms with Crippen molar-refractivity contribution in [3.8, 4) is 11.4 Å². The second kappa shape index (κ2) is 6.91. The molecule has 122 valence electrons. The largest absolute Gasteiger partial charge is 0.391 e. The molecule has 1 fully saturated rings. The van der Waals surface area contributed by atoms with E-state index in [1.54, 1.807) is 18.2 Å². The molecule has 1 unspecified atom stereocenters. The smallest absolute Gasteiger partial charge is 0.251 e. The Morgan fingerprint density at radius 3 is 3.04 bits per heavy atom. The predicted molar refractivity (Wildman–Crippen MR) is 85.0 cm³/mol. The summed E-state index contributed by atoms with van der Waals surface area (Å²) >= 11 is 0. The average Bonchev–Trinajstić information content (AvgIpc) is 3.30. The Morgan fingerprint density at radius 1 is 1.48 bits per heavy atom. The maximum atomic E-state index is 12.2. The van der Waals surface area contributed by atoms with Crippen molar-refractivity contribution >= 4 is 5.91 Å². The summed E-state index contributed by atoms with van der Waals surface area (Å²) in [5, 5.41) is 16.4. The highest BCUT2D eigenvalue weighted by molar-refractivity contribution is 5.95. The fraction of sp³-hybridized carbons (Fsp3) is 0.471. The maximum absolute atomic E-state index is 12.2. The number of nitrogens with zero attached hydrogens (tertiary/aromatic N) is 2. The summed E-state index contributed by atoms with van der Waals surface area (Å²) in [5.41, 5.74) is 1.27. The highest BCUT2D eigenvalue weighted by Crippen LogP contribution is 2.39. The van der Waals surface area contributed by atoms with Crippen molar-refractivity contribution in [2.45, 2.75) is 44.6 Å². The van der Waals surface area contributed by atoms with Crippen LogP contribution in [0.1, 0.15) is 54.8 Å². The van der Waals surface area contributed by atoms with Gasteiger partial charge in [0.05, 0.1) is 6.10 Å². The van der Waals surface area contributed by atoms with Gasteiger partial charge < -0.3 is 14.9 Å². The van der Waals surface area contributed by atoms with Crippen LogP contribution in [-0.2, 0) is 0 Å². The fourth-order valence-corrected chi connectivity index (χ4v) is 2.40. The van der Waals surface area contributed by atoms with E-state index in [2.05, 4.69) is 15.5 Å². The van der Waals surface area contributed by atoms with Gasteiger partial charge in [0.1, 0.15) is 0 Å². The summed E-state index contributed by atoms with van der Waals surface area (Å²) < 4.78 is 5.25. The van der Waals surface area contributed by atoms with E-state index in [0.29, 0.717) is 29.6 Å². The van der Waals surface area contributed by atoms with Crippen LogP contribution in [0.5, 0.6) is 0 Å². The normalized spacial score (nSPS) is 15.4. The molecule has 3 rings (SSSR count). The van der Waals surface area contributed by atoms with Crippen molar-refractivity contribution in [2.75, 3.05) is 6.54 Å². The molecule has 0 radical (unpaired) electrons. The molecule has 0 spiro atoms. The summed E-state index contributed by atoms with van der Waals surface area (Å²) in [4.78, 5) is 16.6. The zero-order valence-electron chi connectivity index (χ0n) is 13.2. The zero-order chi connectivity index (χ0) is 16.2. The monoisotopic (exact) mass is 315 g/mol. The van der Waals surface area contributed by atoms with Crippen molar-refractivity contribution in [3.63, 3.8) is 0 Å². The Balaban J connectivity index is 1.67. The Bertz CT molecular complexity index is 679. The number of rotatable bonds is 7. The molecule has 2 N–H and O–H groups in total. The number of nitrogens with one attached hydrogen (secondary N) is 1. The minimum Gasteiger partial charge on any atom is -0.391 e. The molecule has 23 heavy (non-hydrogen) atoms. The number of carbonyl (C=O) groups excluding carboxylic acids is 1. The molecule has 1 atom stereocenters. The van der Waals surface area contributed by atoms with E-state index in [4.69, 9.17) is 4.52 Å². The molecule has 1 aliphatic carbocycles. The lowest BCUT2D eigenvalue weighted by atomic mass is 10.1. The molecule has 6 heteroatoms. The van der Waals surface area contributed by atoms with Gasteiger partial charge in [0.2, 0.25) is 11.7 Å². The first-order chi connectivity index (χ1) is 11.2. The summed E-state index contributed by atoms with van der Waals surface area (Å²) in [6.45, 7) is 2.25. The molecule has 6 nitrogen and oxygen atoms in total. The lowest BCUT2D eigenvalue weighted by Gasteiger charge is -2.10. The lowest BCUT2D eigenvalue weighted by Crippen LogP contribution is -2.31. The van der Waals surface area contributed by atoms with Gasteiger partial charge in [-0.05, 0) is 31.4 Å². The van der Waals surface area contributed by atoms with Crippen LogP contribution in [0.2, 0.25) is 0 Å². The Hall–Kier alpha value is -2.21. The van der Waals surface area contributed by atoms with Gasteiger partial charge >= 0.3 is 0 Å². The second-order valence-electron chi connectivity index (χ2n) is 5.96. The lowest BCUT2D eigenvalue weighted by molar-refractivity contribution is 0.0910. The van der Waals surface area contributed by atoms with Crippen LogP contribution in [0, 0.1) is 0 Å². The highest BCUT2D eigenvalue weighted by Gasteiger charge is 2.29. The Labute approximate surface area is 134 Å². The molecular formula is C17H21N3O3. The van der Waals surface area contributed by atoms with Crippen LogP contribution in [0.4, 0.5) is 0 Å². The summed E-state index contributed by atoms with van der Waals surface area (Å²) in [6.07, 6.45) is 3.25. The molecule has 0 bridgehead atoms. The average molecular weight is 315 g/mol. The van der Waals surface area contributed by atoms with Gasteiger partial charge in [-0.15, -0.1) is 0 Å². The van der Waals surface area contributed by atoms with Crippen LogP contribution in [0.25, 0.3) is 11.4 Å². The maximum Gasteiger partial charge on any atom is 0.251 e. The first-order valence-corrected chi connectivity index (χ1v) is 8.07. The molecule has 1 aromatic carbocycles. The van der Waals surface area contributed by atoms with Gasteiger partial charge in [-0.3, -0.25) is 4.79 Å². The van der Waals surface area contributed by atoms with Crippen molar-refractivity contribution in [3.05, 3.63) is 35.7 Å². The van der Waals surface area contributed by atoms with Crippen LogP contribution in [0.3, 0.4) is 0 Å². The van der Waals surface area contributed by atoms with Crippen LogP contribution < -0.4 is 5.32 Å². The standard InChI is InChI=1S/C17H21N3O3/c1-2-4-14(21)10-18-16(22)13-6-3-5-12(9-13)15-19-17(23-20-15)11-7-8-11/h3,5-6,9,11,14,21H,2,4,7-8,10H2,1H3,(H,18,22). The third kappa shape index (κ3) is 3.96. The van der Waals surface area contributed by atoms with Crippen LogP contribution in [-0.4, -0.2) is 33.8 Å². The molecule has 0 saturated heterocycles. The molecule has 1 heterocycles. The first kappa shape index (κ1) is 15.7. The minimum atomic E-state index is -0.509. The topological polar surface area (TPSA) is 88.2 Å². The third-order valence-corrected chi connectivity index (χ3v) is 3.87. The SMILES string of the molecule is CCCC(O)CNC(=O)c1cccc(-c2noc(C3CC3)n2)c1. The van der Waals surface area contributed by atoms with Crippen molar-refractivity contribution < 1.29 is 14.4 Å². The van der Waals surface area contributed by atoms with Gasteiger partial charge in [0.15, 0.2) is 0 Å². The Kier molecular flexibility index (Phi) is 4.71. The molecule has 1 saturated carbocycles. The quantitative estimate of drug-likeness (QED) is 0.819. The first-order valence-electron chi connectivity index (χ1n) is 8.07. The third-order valence-electron chi connectivity index (χ3n) is 3.87. The second-order valence-corrected chi connectivity index (χ2v) is 5.96. The van der Waals surface area contributed by atoms with Crippen molar-refractivity contribution in [1.29, 1.82) is 0 Å². The fourth-order valence-electron chi connectivity index (χ4n) is 2.40. The van der Waals surface area contributed by atoms with Gasteiger partial charge in [-0.25, -0.2) is 0 Å². The molecular weight excluding hydrogens is 294 g/mol.